The molecular weight excluding hydrogens is 342 g/mol. The Balaban J connectivity index is 1.85. The second kappa shape index (κ2) is 6.76. The number of phenolic OH excluding ortho intramolecular Hbond substituents is 1. The average molecular weight is 359 g/mol. The maximum absolute atomic E-state index is 11.2. The minimum Gasteiger partial charge on any atom is -0.508 e. The van der Waals surface area contributed by atoms with Crippen LogP contribution >= 0.6 is 11.3 Å². The van der Waals surface area contributed by atoms with E-state index < -0.39 is 10.0 Å². The smallest absolute Gasteiger partial charge is 0.209 e. The zero-order valence-corrected chi connectivity index (χ0v) is 14.7. The maximum Gasteiger partial charge on any atom is 0.209 e. The van der Waals surface area contributed by atoms with Crippen LogP contribution in [0.3, 0.4) is 0 Å². The largest absolute Gasteiger partial charge is 0.508 e. The summed E-state index contributed by atoms with van der Waals surface area (Å²) in [7, 11) is -3.21. The third-order valence-electron chi connectivity index (χ3n) is 3.49. The lowest BCUT2D eigenvalue weighted by atomic mass is 10.1. The lowest BCUT2D eigenvalue weighted by Crippen LogP contribution is -2.21. The second-order valence-corrected chi connectivity index (χ2v) is 8.42. The summed E-state index contributed by atoms with van der Waals surface area (Å²) < 4.78 is 24.9. The molecule has 0 radical (unpaired) electrons. The van der Waals surface area contributed by atoms with Gasteiger partial charge in [-0.1, -0.05) is 30.3 Å². The van der Waals surface area contributed by atoms with Gasteiger partial charge in [-0.25, -0.2) is 13.1 Å². The normalized spacial score (nSPS) is 11.5. The Morgan fingerprint density at radius 2 is 1.58 bits per heavy atom. The molecule has 0 aliphatic carbocycles. The number of benzene rings is 2. The van der Waals surface area contributed by atoms with Gasteiger partial charge >= 0.3 is 0 Å². The highest BCUT2D eigenvalue weighted by Gasteiger charge is 2.07. The number of nitrogens with one attached hydrogen (secondary N) is 1. The van der Waals surface area contributed by atoms with Gasteiger partial charge in [0.2, 0.25) is 10.0 Å². The molecule has 0 fully saturated rings. The van der Waals surface area contributed by atoms with Gasteiger partial charge in [0.25, 0.3) is 0 Å². The fourth-order valence-corrected chi connectivity index (χ4v) is 3.78. The van der Waals surface area contributed by atoms with Crippen molar-refractivity contribution < 1.29 is 13.5 Å². The van der Waals surface area contributed by atoms with Gasteiger partial charge in [-0.15, -0.1) is 11.3 Å². The molecule has 0 bridgehead atoms. The van der Waals surface area contributed by atoms with Crippen molar-refractivity contribution in [1.82, 2.24) is 4.72 Å². The van der Waals surface area contributed by atoms with E-state index in [1.807, 2.05) is 48.5 Å². The van der Waals surface area contributed by atoms with Crippen LogP contribution in [0.15, 0.2) is 60.7 Å². The Morgan fingerprint density at radius 3 is 2.21 bits per heavy atom. The predicted molar refractivity (Wildman–Crippen MR) is 98.5 cm³/mol. The van der Waals surface area contributed by atoms with Gasteiger partial charge < -0.3 is 5.11 Å². The van der Waals surface area contributed by atoms with E-state index in [0.29, 0.717) is 0 Å². The summed E-state index contributed by atoms with van der Waals surface area (Å²) in [5, 5.41) is 9.61. The molecule has 2 N–H and O–H groups in total. The van der Waals surface area contributed by atoms with Gasteiger partial charge in [0.1, 0.15) is 5.75 Å². The van der Waals surface area contributed by atoms with Crippen LogP contribution in [0, 0.1) is 0 Å². The molecule has 3 aromatic rings. The van der Waals surface area contributed by atoms with Crippen molar-refractivity contribution in [3.8, 4) is 26.6 Å². The predicted octanol–water partition coefficient (Wildman–Crippen LogP) is 3.84. The number of hydrogen-bond acceptors (Lipinski definition) is 4. The van der Waals surface area contributed by atoms with E-state index in [-0.39, 0.29) is 12.3 Å². The molecule has 0 amide bonds. The molecule has 0 unspecified atom stereocenters. The van der Waals surface area contributed by atoms with Crippen LogP contribution in [0.2, 0.25) is 0 Å². The third-order valence-corrected chi connectivity index (χ3v) is 5.34. The second-order valence-electron chi connectivity index (χ2n) is 5.51. The lowest BCUT2D eigenvalue weighted by Gasteiger charge is -2.05. The van der Waals surface area contributed by atoms with Crippen molar-refractivity contribution >= 4 is 21.4 Å². The molecule has 24 heavy (non-hydrogen) atoms. The van der Waals surface area contributed by atoms with E-state index in [4.69, 9.17) is 0 Å². The highest BCUT2D eigenvalue weighted by Crippen LogP contribution is 2.35. The first-order valence-electron chi connectivity index (χ1n) is 7.34. The number of hydrogen-bond donors (Lipinski definition) is 2. The molecule has 0 saturated heterocycles. The van der Waals surface area contributed by atoms with Crippen molar-refractivity contribution in [1.29, 1.82) is 0 Å². The van der Waals surface area contributed by atoms with Crippen molar-refractivity contribution in [2.24, 2.45) is 0 Å². The van der Waals surface area contributed by atoms with Gasteiger partial charge in [0.15, 0.2) is 0 Å². The van der Waals surface area contributed by atoms with Gasteiger partial charge in [-0.3, -0.25) is 0 Å². The summed E-state index contributed by atoms with van der Waals surface area (Å²) in [5.74, 6) is 0.247. The zero-order chi connectivity index (χ0) is 17.2. The number of thiophene rings is 1. The van der Waals surface area contributed by atoms with Gasteiger partial charge in [0.05, 0.1) is 6.26 Å². The summed E-state index contributed by atoms with van der Waals surface area (Å²) in [5.41, 5.74) is 2.92. The Kier molecular flexibility index (Phi) is 4.71. The highest BCUT2D eigenvalue weighted by atomic mass is 32.2. The minimum absolute atomic E-state index is 0.247. The van der Waals surface area contributed by atoms with E-state index in [1.165, 1.54) is 0 Å². The topological polar surface area (TPSA) is 66.4 Å². The molecule has 6 heteroatoms. The Morgan fingerprint density at radius 1 is 0.958 bits per heavy atom. The molecular formula is C18H17NO3S2. The Hall–Kier alpha value is -2.15. The zero-order valence-electron chi connectivity index (χ0n) is 13.1. The van der Waals surface area contributed by atoms with Crippen LogP contribution in [0.1, 0.15) is 5.56 Å². The number of rotatable bonds is 5. The van der Waals surface area contributed by atoms with Gasteiger partial charge in [0, 0.05) is 16.3 Å². The molecule has 1 heterocycles. The van der Waals surface area contributed by atoms with Crippen LogP contribution in [0.4, 0.5) is 0 Å². The molecule has 1 aromatic heterocycles. The molecule has 0 atom stereocenters. The molecule has 0 saturated carbocycles. The van der Waals surface area contributed by atoms with E-state index in [1.54, 1.807) is 23.5 Å². The average Bonchev–Trinajstić information content (AvgIpc) is 3.03. The minimum atomic E-state index is -3.21. The Labute approximate surface area is 145 Å². The van der Waals surface area contributed by atoms with Crippen LogP contribution in [0.5, 0.6) is 5.75 Å². The molecule has 0 aliphatic rings. The first kappa shape index (κ1) is 16.7. The lowest BCUT2D eigenvalue weighted by molar-refractivity contribution is 0.475. The summed E-state index contributed by atoms with van der Waals surface area (Å²) >= 11 is 1.63. The van der Waals surface area contributed by atoms with Crippen LogP contribution in [0.25, 0.3) is 20.9 Å². The molecule has 124 valence electrons. The fraction of sp³-hybridized carbons (Fsp3) is 0.111. The highest BCUT2D eigenvalue weighted by molar-refractivity contribution is 7.88. The fourth-order valence-electron chi connectivity index (χ4n) is 2.36. The third kappa shape index (κ3) is 4.23. The van der Waals surface area contributed by atoms with E-state index in [2.05, 4.69) is 4.72 Å². The van der Waals surface area contributed by atoms with Crippen molar-refractivity contribution in [3.63, 3.8) is 0 Å². The number of sulfonamides is 1. The number of phenols is 1. The molecule has 0 aliphatic heterocycles. The summed E-state index contributed by atoms with van der Waals surface area (Å²) in [6.07, 6.45) is 1.15. The van der Waals surface area contributed by atoms with Crippen molar-refractivity contribution in [2.45, 2.75) is 6.54 Å². The van der Waals surface area contributed by atoms with Crippen LogP contribution < -0.4 is 4.72 Å². The SMILES string of the molecule is CS(=O)(=O)NCc1cccc(-c2ccc(-c3cccc(O)c3)s2)c1. The number of aromatic hydroxyl groups is 1. The Bertz CT molecular complexity index is 962. The first-order valence-corrected chi connectivity index (χ1v) is 10.0. The van der Waals surface area contributed by atoms with Crippen molar-refractivity contribution in [2.75, 3.05) is 6.26 Å². The van der Waals surface area contributed by atoms with Crippen molar-refractivity contribution in [3.05, 3.63) is 66.2 Å². The molecule has 0 spiro atoms. The summed E-state index contributed by atoms with van der Waals surface area (Å²) in [6.45, 7) is 0.275. The molecule has 4 nitrogen and oxygen atoms in total. The quantitative estimate of drug-likeness (QED) is 0.727. The van der Waals surface area contributed by atoms with Gasteiger partial charge in [-0.2, -0.15) is 0 Å². The standard InChI is InChI=1S/C18H17NO3S2/c1-24(21,22)19-12-13-4-2-5-14(10-13)17-8-9-18(23-17)15-6-3-7-16(20)11-15/h2-11,19-20H,12H2,1H3. The van der Waals surface area contributed by atoms with E-state index in [9.17, 15) is 13.5 Å². The summed E-state index contributed by atoms with van der Waals surface area (Å²) in [4.78, 5) is 2.16. The van der Waals surface area contributed by atoms with E-state index >= 15 is 0 Å². The van der Waals surface area contributed by atoms with Crippen LogP contribution in [-0.2, 0) is 16.6 Å². The summed E-state index contributed by atoms with van der Waals surface area (Å²) in [6, 6.07) is 19.0. The monoisotopic (exact) mass is 359 g/mol. The van der Waals surface area contributed by atoms with Gasteiger partial charge in [-0.05, 0) is 47.0 Å². The molecule has 2 aromatic carbocycles. The van der Waals surface area contributed by atoms with Crippen LogP contribution in [-0.4, -0.2) is 19.8 Å². The maximum atomic E-state index is 11.2. The first-order chi connectivity index (χ1) is 11.4. The van der Waals surface area contributed by atoms with E-state index in [0.717, 1.165) is 32.7 Å². The molecule has 3 rings (SSSR count).